The Bertz CT molecular complexity index is 580. The highest BCUT2D eigenvalue weighted by Crippen LogP contribution is 2.24. The Labute approximate surface area is 126 Å². The van der Waals surface area contributed by atoms with Crippen molar-refractivity contribution in [3.63, 3.8) is 0 Å². The molecule has 0 heterocycles. The second kappa shape index (κ2) is 7.23. The van der Waals surface area contributed by atoms with Gasteiger partial charge in [0.05, 0.1) is 7.11 Å². The van der Waals surface area contributed by atoms with Gasteiger partial charge in [0.15, 0.2) is 11.6 Å². The van der Waals surface area contributed by atoms with Crippen LogP contribution >= 0.6 is 0 Å². The van der Waals surface area contributed by atoms with Gasteiger partial charge in [-0.25, -0.2) is 4.39 Å². The minimum Gasteiger partial charge on any atom is -0.494 e. The van der Waals surface area contributed by atoms with Crippen LogP contribution in [-0.4, -0.2) is 20.7 Å². The Kier molecular flexibility index (Phi) is 5.34. The molecule has 1 atom stereocenters. The fourth-order valence-electron chi connectivity index (χ4n) is 2.51. The van der Waals surface area contributed by atoms with Crippen molar-refractivity contribution in [1.29, 1.82) is 0 Å². The molecule has 3 heteroatoms. The molecule has 0 aliphatic rings. The molecule has 112 valence electrons. The number of hydrogen-bond donors (Lipinski definition) is 1. The number of ether oxygens (including phenoxy) is 1. The predicted molar refractivity (Wildman–Crippen MR) is 84.5 cm³/mol. The maximum atomic E-state index is 13.8. The van der Waals surface area contributed by atoms with Crippen LogP contribution in [-0.2, 0) is 6.42 Å². The molecule has 0 bridgehead atoms. The SMILES string of the molecule is CNCC(Cc1ccc(OC)c(F)c1)c1ccc(C)cc1. The number of methoxy groups -OCH3 is 1. The molecule has 0 radical (unpaired) electrons. The molecule has 0 aliphatic heterocycles. The minimum atomic E-state index is -0.304. The molecule has 2 aromatic rings. The maximum absolute atomic E-state index is 13.8. The summed E-state index contributed by atoms with van der Waals surface area (Å²) in [7, 11) is 3.42. The first-order valence-corrected chi connectivity index (χ1v) is 7.17. The summed E-state index contributed by atoms with van der Waals surface area (Å²) in [5.41, 5.74) is 3.50. The third-order valence-electron chi connectivity index (χ3n) is 3.70. The van der Waals surface area contributed by atoms with E-state index in [4.69, 9.17) is 4.74 Å². The second-order valence-electron chi connectivity index (χ2n) is 5.34. The fraction of sp³-hybridized carbons (Fsp3) is 0.333. The van der Waals surface area contributed by atoms with E-state index in [9.17, 15) is 4.39 Å². The topological polar surface area (TPSA) is 21.3 Å². The van der Waals surface area contributed by atoms with E-state index in [1.807, 2.05) is 13.1 Å². The van der Waals surface area contributed by atoms with Crippen LogP contribution in [0.25, 0.3) is 0 Å². The first-order valence-electron chi connectivity index (χ1n) is 7.17. The summed E-state index contributed by atoms with van der Waals surface area (Å²) in [6.45, 7) is 2.94. The number of rotatable bonds is 6. The molecule has 2 aromatic carbocycles. The first-order chi connectivity index (χ1) is 10.1. The summed E-state index contributed by atoms with van der Waals surface area (Å²) in [6, 6.07) is 13.7. The van der Waals surface area contributed by atoms with Crippen molar-refractivity contribution in [3.05, 3.63) is 65.0 Å². The molecule has 0 fully saturated rings. The first kappa shape index (κ1) is 15.5. The van der Waals surface area contributed by atoms with Gasteiger partial charge in [-0.1, -0.05) is 35.9 Å². The zero-order chi connectivity index (χ0) is 15.2. The fourth-order valence-corrected chi connectivity index (χ4v) is 2.51. The lowest BCUT2D eigenvalue weighted by Gasteiger charge is -2.18. The molecule has 0 saturated carbocycles. The average molecular weight is 287 g/mol. The molecular weight excluding hydrogens is 265 g/mol. The van der Waals surface area contributed by atoms with E-state index in [-0.39, 0.29) is 5.82 Å². The van der Waals surface area contributed by atoms with Gasteiger partial charge in [-0.15, -0.1) is 0 Å². The molecule has 1 unspecified atom stereocenters. The Morgan fingerprint density at radius 2 is 1.86 bits per heavy atom. The van der Waals surface area contributed by atoms with Crippen molar-refractivity contribution >= 4 is 0 Å². The number of hydrogen-bond acceptors (Lipinski definition) is 2. The molecule has 0 aromatic heterocycles. The van der Waals surface area contributed by atoms with Crippen LogP contribution in [0.1, 0.15) is 22.6 Å². The van der Waals surface area contributed by atoms with Crippen molar-refractivity contribution in [2.45, 2.75) is 19.3 Å². The summed E-state index contributed by atoms with van der Waals surface area (Å²) in [5, 5.41) is 3.22. The number of aryl methyl sites for hydroxylation is 1. The predicted octanol–water partition coefficient (Wildman–Crippen LogP) is 3.69. The summed E-state index contributed by atoms with van der Waals surface area (Å²) < 4.78 is 18.8. The van der Waals surface area contributed by atoms with Crippen LogP contribution in [0.5, 0.6) is 5.75 Å². The van der Waals surface area contributed by atoms with Gasteiger partial charge in [0.1, 0.15) is 0 Å². The Morgan fingerprint density at radius 1 is 1.14 bits per heavy atom. The lowest BCUT2D eigenvalue weighted by Crippen LogP contribution is -2.19. The van der Waals surface area contributed by atoms with Gasteiger partial charge in [0.25, 0.3) is 0 Å². The van der Waals surface area contributed by atoms with E-state index < -0.39 is 0 Å². The summed E-state index contributed by atoms with van der Waals surface area (Å²) in [4.78, 5) is 0. The highest BCUT2D eigenvalue weighted by Gasteiger charge is 2.13. The lowest BCUT2D eigenvalue weighted by molar-refractivity contribution is 0.386. The van der Waals surface area contributed by atoms with Gasteiger partial charge < -0.3 is 10.1 Å². The summed E-state index contributed by atoms with van der Waals surface area (Å²) in [5.74, 6) is 0.310. The van der Waals surface area contributed by atoms with Crippen molar-refractivity contribution in [3.8, 4) is 5.75 Å². The molecule has 2 rings (SSSR count). The van der Waals surface area contributed by atoms with Gasteiger partial charge in [-0.05, 0) is 43.7 Å². The Hall–Kier alpha value is -1.87. The molecule has 0 amide bonds. The van der Waals surface area contributed by atoms with Crippen LogP contribution in [0.15, 0.2) is 42.5 Å². The van der Waals surface area contributed by atoms with Gasteiger partial charge in [0.2, 0.25) is 0 Å². The monoisotopic (exact) mass is 287 g/mol. The number of halogens is 1. The van der Waals surface area contributed by atoms with Crippen molar-refractivity contribution in [2.24, 2.45) is 0 Å². The number of likely N-dealkylation sites (N-methyl/N-ethyl adjacent to an activating group) is 1. The lowest BCUT2D eigenvalue weighted by atomic mass is 9.91. The van der Waals surface area contributed by atoms with E-state index >= 15 is 0 Å². The van der Waals surface area contributed by atoms with E-state index in [0.717, 1.165) is 18.5 Å². The van der Waals surface area contributed by atoms with Gasteiger partial charge in [-0.2, -0.15) is 0 Å². The molecule has 0 spiro atoms. The molecule has 0 aliphatic carbocycles. The van der Waals surface area contributed by atoms with Crippen LogP contribution < -0.4 is 10.1 Å². The number of nitrogens with one attached hydrogen (secondary N) is 1. The quantitative estimate of drug-likeness (QED) is 0.875. The van der Waals surface area contributed by atoms with Gasteiger partial charge in [-0.3, -0.25) is 0 Å². The normalized spacial score (nSPS) is 12.2. The van der Waals surface area contributed by atoms with E-state index in [2.05, 4.69) is 36.5 Å². The standard InChI is InChI=1S/C18H22FNO/c1-13-4-7-15(8-5-13)16(12-20-2)10-14-6-9-18(21-3)17(19)11-14/h4-9,11,16,20H,10,12H2,1-3H3. The van der Waals surface area contributed by atoms with Crippen LogP contribution in [0.3, 0.4) is 0 Å². The Morgan fingerprint density at radius 3 is 2.43 bits per heavy atom. The Balaban J connectivity index is 2.19. The van der Waals surface area contributed by atoms with E-state index in [1.54, 1.807) is 12.1 Å². The van der Waals surface area contributed by atoms with Gasteiger partial charge >= 0.3 is 0 Å². The zero-order valence-corrected chi connectivity index (χ0v) is 12.8. The summed E-state index contributed by atoms with van der Waals surface area (Å²) >= 11 is 0. The third kappa shape index (κ3) is 4.05. The molecule has 0 saturated heterocycles. The zero-order valence-electron chi connectivity index (χ0n) is 12.8. The summed E-state index contributed by atoms with van der Waals surface area (Å²) in [6.07, 6.45) is 0.796. The van der Waals surface area contributed by atoms with Gasteiger partial charge in [0, 0.05) is 12.5 Å². The van der Waals surface area contributed by atoms with E-state index in [1.165, 1.54) is 18.2 Å². The highest BCUT2D eigenvalue weighted by atomic mass is 19.1. The van der Waals surface area contributed by atoms with Crippen LogP contribution in [0, 0.1) is 12.7 Å². The molecule has 1 N–H and O–H groups in total. The minimum absolute atomic E-state index is 0.291. The van der Waals surface area contributed by atoms with Crippen LogP contribution in [0.2, 0.25) is 0 Å². The highest BCUT2D eigenvalue weighted by molar-refractivity contribution is 5.32. The number of benzene rings is 2. The molecule has 21 heavy (non-hydrogen) atoms. The maximum Gasteiger partial charge on any atom is 0.165 e. The van der Waals surface area contributed by atoms with E-state index in [0.29, 0.717) is 11.7 Å². The van der Waals surface area contributed by atoms with Crippen molar-refractivity contribution < 1.29 is 9.13 Å². The largest absolute Gasteiger partial charge is 0.494 e. The van der Waals surface area contributed by atoms with Crippen LogP contribution in [0.4, 0.5) is 4.39 Å². The second-order valence-corrected chi connectivity index (χ2v) is 5.34. The smallest absolute Gasteiger partial charge is 0.165 e. The van der Waals surface area contributed by atoms with Crippen molar-refractivity contribution in [2.75, 3.05) is 20.7 Å². The average Bonchev–Trinajstić information content (AvgIpc) is 2.48. The van der Waals surface area contributed by atoms with Crippen molar-refractivity contribution in [1.82, 2.24) is 5.32 Å². The third-order valence-corrected chi connectivity index (χ3v) is 3.70. The molecular formula is C18H22FNO. The molecule has 2 nitrogen and oxygen atoms in total.